The third-order valence-electron chi connectivity index (χ3n) is 8.32. The highest BCUT2D eigenvalue weighted by Crippen LogP contribution is 2.48. The summed E-state index contributed by atoms with van der Waals surface area (Å²) in [7, 11) is -1.44. The Morgan fingerprint density at radius 1 is 0.896 bits per heavy atom. The molecule has 15 heteroatoms. The van der Waals surface area contributed by atoms with Crippen molar-refractivity contribution in [2.24, 2.45) is 0 Å². The lowest BCUT2D eigenvalue weighted by atomic mass is 10.1. The van der Waals surface area contributed by atoms with Gasteiger partial charge in [-0.2, -0.15) is 0 Å². The topological polar surface area (TPSA) is 147 Å². The first-order valence-electron chi connectivity index (χ1n) is 16.9. The van der Waals surface area contributed by atoms with Gasteiger partial charge in [-0.15, -0.1) is 0 Å². The van der Waals surface area contributed by atoms with E-state index in [2.05, 4.69) is 27.1 Å². The van der Waals surface area contributed by atoms with E-state index >= 15 is 0 Å². The Kier molecular flexibility index (Phi) is 14.2. The van der Waals surface area contributed by atoms with E-state index in [1.54, 1.807) is 29.7 Å². The lowest BCUT2D eigenvalue weighted by Gasteiger charge is -2.36. The van der Waals surface area contributed by atoms with Gasteiger partial charge in [0.1, 0.15) is 17.6 Å². The molecule has 1 aromatic carbocycles. The highest BCUT2D eigenvalue weighted by atomic mass is 31.2. The van der Waals surface area contributed by atoms with Gasteiger partial charge in [-0.1, -0.05) is 43.7 Å². The van der Waals surface area contributed by atoms with E-state index in [0.717, 1.165) is 44.6 Å². The lowest BCUT2D eigenvalue weighted by Crippen LogP contribution is -2.56. The first-order chi connectivity index (χ1) is 23.2. The van der Waals surface area contributed by atoms with E-state index < -0.39 is 25.6 Å². The Hall–Kier alpha value is -3.58. The summed E-state index contributed by atoms with van der Waals surface area (Å²) < 4.78 is 29.7. The summed E-state index contributed by atoms with van der Waals surface area (Å²) in [6.07, 6.45) is 1.25. The van der Waals surface area contributed by atoms with Crippen LogP contribution in [0.15, 0.2) is 36.4 Å². The Labute approximate surface area is 283 Å². The van der Waals surface area contributed by atoms with Crippen LogP contribution in [-0.2, 0) is 23.1 Å². The van der Waals surface area contributed by atoms with Gasteiger partial charge >= 0.3 is 13.7 Å². The van der Waals surface area contributed by atoms with Crippen LogP contribution in [0.2, 0.25) is 0 Å². The number of hydrogen-bond acceptors (Lipinski definition) is 11. The normalized spacial score (nSPS) is 16.5. The van der Waals surface area contributed by atoms with Crippen molar-refractivity contribution in [1.82, 2.24) is 30.0 Å². The van der Waals surface area contributed by atoms with E-state index in [4.69, 9.17) is 18.8 Å². The standard InChI is InChI=1S/C33H50N7O7P/c1-5-8-23-45-33(43)40-21-19-39(20-22-40)32(42)27(14-24-48(44,46-6-2)47-7-3)35-31(41)28-25-29(38-17-15-37(4)16-18-38)36-30(34-28)26-12-10-9-11-13-26/h9-13,25,27H,5-8,14-24H2,1-4H3,(H,35,41)/t27-/m0/s1. The number of carbonyl (C=O) groups excluding carboxylic acids is 3. The molecule has 0 unspecified atom stereocenters. The molecule has 1 N–H and O–H groups in total. The number of aromatic nitrogens is 2. The molecule has 48 heavy (non-hydrogen) atoms. The quantitative estimate of drug-likeness (QED) is 0.216. The number of rotatable bonds is 15. The van der Waals surface area contributed by atoms with Crippen molar-refractivity contribution >= 4 is 31.3 Å². The number of nitrogens with one attached hydrogen (secondary N) is 1. The van der Waals surface area contributed by atoms with Crippen LogP contribution >= 0.6 is 7.60 Å². The molecule has 0 saturated carbocycles. The third-order valence-corrected chi connectivity index (χ3v) is 10.4. The van der Waals surface area contributed by atoms with Crippen molar-refractivity contribution in [1.29, 1.82) is 0 Å². The van der Waals surface area contributed by atoms with Crippen LogP contribution in [0.25, 0.3) is 11.4 Å². The number of carbonyl (C=O) groups is 3. The van der Waals surface area contributed by atoms with Gasteiger partial charge < -0.3 is 38.7 Å². The van der Waals surface area contributed by atoms with Crippen molar-refractivity contribution in [2.75, 3.05) is 90.3 Å². The Morgan fingerprint density at radius 3 is 2.17 bits per heavy atom. The van der Waals surface area contributed by atoms with Crippen molar-refractivity contribution in [3.05, 3.63) is 42.1 Å². The van der Waals surface area contributed by atoms with E-state index in [-0.39, 0.29) is 50.5 Å². The summed E-state index contributed by atoms with van der Waals surface area (Å²) in [4.78, 5) is 57.4. The minimum absolute atomic E-state index is 0.0169. The zero-order chi connectivity index (χ0) is 34.5. The first-order valence-corrected chi connectivity index (χ1v) is 18.7. The third kappa shape index (κ3) is 10.5. The van der Waals surface area contributed by atoms with Crippen LogP contribution in [-0.4, -0.2) is 134 Å². The van der Waals surface area contributed by atoms with E-state index in [0.29, 0.717) is 31.3 Å². The minimum atomic E-state index is -3.51. The maximum Gasteiger partial charge on any atom is 0.409 e. The molecule has 1 aromatic heterocycles. The molecule has 0 bridgehead atoms. The Bertz CT molecular complexity index is 1390. The van der Waals surface area contributed by atoms with Crippen LogP contribution < -0.4 is 10.2 Å². The van der Waals surface area contributed by atoms with Gasteiger partial charge in [0.25, 0.3) is 5.91 Å². The number of nitrogens with zero attached hydrogens (tertiary/aromatic N) is 6. The van der Waals surface area contributed by atoms with Crippen LogP contribution in [0.5, 0.6) is 0 Å². The van der Waals surface area contributed by atoms with Gasteiger partial charge in [-0.05, 0) is 33.7 Å². The fourth-order valence-electron chi connectivity index (χ4n) is 5.53. The predicted molar refractivity (Wildman–Crippen MR) is 183 cm³/mol. The average molecular weight is 688 g/mol. The number of likely N-dealkylation sites (N-methyl/N-ethyl adjacent to an activating group) is 1. The smallest absolute Gasteiger partial charge is 0.409 e. The number of anilines is 1. The van der Waals surface area contributed by atoms with Gasteiger partial charge in [-0.25, -0.2) is 14.8 Å². The zero-order valence-electron chi connectivity index (χ0n) is 28.6. The van der Waals surface area contributed by atoms with Gasteiger partial charge in [0.05, 0.1) is 26.0 Å². The second-order valence-electron chi connectivity index (χ2n) is 11.9. The highest BCUT2D eigenvalue weighted by molar-refractivity contribution is 7.53. The van der Waals surface area contributed by atoms with Crippen LogP contribution in [0.4, 0.5) is 10.6 Å². The molecule has 0 aliphatic carbocycles. The molecule has 2 fully saturated rings. The van der Waals surface area contributed by atoms with Crippen molar-refractivity contribution in [2.45, 2.75) is 46.1 Å². The van der Waals surface area contributed by atoms with Crippen LogP contribution in [0.3, 0.4) is 0 Å². The molecule has 4 rings (SSSR count). The second-order valence-corrected chi connectivity index (χ2v) is 14.0. The molecule has 3 amide bonds. The second kappa shape index (κ2) is 18.3. The van der Waals surface area contributed by atoms with Gasteiger partial charge in [0, 0.05) is 64.0 Å². The molecular formula is C33H50N7O7P. The molecule has 2 aliphatic rings. The van der Waals surface area contributed by atoms with E-state index in [1.807, 2.05) is 37.3 Å². The molecule has 0 spiro atoms. The maximum absolute atomic E-state index is 14.0. The van der Waals surface area contributed by atoms with Crippen molar-refractivity contribution < 1.29 is 32.7 Å². The van der Waals surface area contributed by atoms with E-state index in [9.17, 15) is 18.9 Å². The fourth-order valence-corrected chi connectivity index (χ4v) is 7.22. The zero-order valence-corrected chi connectivity index (χ0v) is 29.5. The number of piperazine rings is 2. The molecule has 14 nitrogen and oxygen atoms in total. The molecular weight excluding hydrogens is 637 g/mol. The number of ether oxygens (including phenoxy) is 1. The molecule has 2 aliphatic heterocycles. The predicted octanol–water partition coefficient (Wildman–Crippen LogP) is 3.73. The summed E-state index contributed by atoms with van der Waals surface area (Å²) in [6.45, 7) is 10.5. The molecule has 264 valence electrons. The Balaban J connectivity index is 1.56. The van der Waals surface area contributed by atoms with Gasteiger partial charge in [0.2, 0.25) is 5.91 Å². The fraction of sp³-hybridized carbons (Fsp3) is 0.606. The van der Waals surface area contributed by atoms with Crippen LogP contribution in [0, 0.1) is 0 Å². The van der Waals surface area contributed by atoms with Gasteiger partial charge in [0.15, 0.2) is 5.82 Å². The summed E-state index contributed by atoms with van der Waals surface area (Å²) in [5.41, 5.74) is 0.878. The highest BCUT2D eigenvalue weighted by Gasteiger charge is 2.34. The lowest BCUT2D eigenvalue weighted by molar-refractivity contribution is -0.134. The molecule has 0 radical (unpaired) electrons. The number of unbranched alkanes of at least 4 members (excludes halogenated alkanes) is 1. The van der Waals surface area contributed by atoms with E-state index in [1.165, 1.54) is 0 Å². The van der Waals surface area contributed by atoms with Crippen molar-refractivity contribution in [3.63, 3.8) is 0 Å². The van der Waals surface area contributed by atoms with Gasteiger partial charge in [-0.3, -0.25) is 14.2 Å². The Morgan fingerprint density at radius 2 is 1.54 bits per heavy atom. The average Bonchev–Trinajstić information content (AvgIpc) is 3.10. The summed E-state index contributed by atoms with van der Waals surface area (Å²) >= 11 is 0. The maximum atomic E-state index is 14.0. The molecule has 3 heterocycles. The molecule has 2 aromatic rings. The first kappa shape index (κ1) is 37.2. The number of benzene rings is 1. The number of hydrogen-bond donors (Lipinski definition) is 1. The minimum Gasteiger partial charge on any atom is -0.449 e. The summed E-state index contributed by atoms with van der Waals surface area (Å²) in [5, 5.41) is 2.89. The van der Waals surface area contributed by atoms with Crippen LogP contribution in [0.1, 0.15) is 50.5 Å². The molecule has 2 saturated heterocycles. The summed E-state index contributed by atoms with van der Waals surface area (Å²) in [6, 6.07) is 10.0. The van der Waals surface area contributed by atoms with Crippen molar-refractivity contribution in [3.8, 4) is 11.4 Å². The summed E-state index contributed by atoms with van der Waals surface area (Å²) in [5.74, 6) is 0.130. The number of amides is 3. The SMILES string of the molecule is CCCCOC(=O)N1CCN(C(=O)[C@H](CCP(=O)(OCC)OCC)NC(=O)c2cc(N3CCN(C)CC3)nc(-c3ccccc3)n2)CC1. The largest absolute Gasteiger partial charge is 0.449 e. The monoisotopic (exact) mass is 687 g/mol. The molecule has 1 atom stereocenters.